The zero-order valence-electron chi connectivity index (χ0n) is 12.1. The highest BCUT2D eigenvalue weighted by molar-refractivity contribution is 5.39. The minimum Gasteiger partial charge on any atom is -0.490 e. The molecule has 3 rings (SSSR count). The molecule has 1 fully saturated rings. The van der Waals surface area contributed by atoms with Gasteiger partial charge in [0.1, 0.15) is 17.2 Å². The van der Waals surface area contributed by atoms with Crippen LogP contribution in [-0.4, -0.2) is 11.2 Å². The monoisotopic (exact) mass is 286 g/mol. The molecule has 2 nitrogen and oxygen atoms in total. The Balaban J connectivity index is 1.92. The van der Waals surface area contributed by atoms with E-state index in [9.17, 15) is 9.50 Å². The molecule has 0 bridgehead atoms. The van der Waals surface area contributed by atoms with Gasteiger partial charge < -0.3 is 9.84 Å². The molecule has 110 valence electrons. The molecular formula is C18H19FO2. The average molecular weight is 286 g/mol. The summed E-state index contributed by atoms with van der Waals surface area (Å²) in [5, 5.41) is 10.9. The van der Waals surface area contributed by atoms with E-state index in [-0.39, 0.29) is 5.82 Å². The van der Waals surface area contributed by atoms with Crippen LogP contribution in [0, 0.1) is 5.82 Å². The largest absolute Gasteiger partial charge is 0.490 e. The van der Waals surface area contributed by atoms with Crippen LogP contribution in [0.3, 0.4) is 0 Å². The highest BCUT2D eigenvalue weighted by Crippen LogP contribution is 2.35. The van der Waals surface area contributed by atoms with Crippen molar-refractivity contribution in [3.05, 3.63) is 65.5 Å². The molecule has 2 aromatic rings. The third kappa shape index (κ3) is 2.79. The molecule has 0 spiro atoms. The van der Waals surface area contributed by atoms with Gasteiger partial charge in [0.05, 0.1) is 6.10 Å². The lowest BCUT2D eigenvalue weighted by atomic mass is 9.84. The topological polar surface area (TPSA) is 29.5 Å². The van der Waals surface area contributed by atoms with Crippen molar-refractivity contribution in [3.8, 4) is 5.75 Å². The van der Waals surface area contributed by atoms with E-state index in [1.165, 1.54) is 6.07 Å². The van der Waals surface area contributed by atoms with Gasteiger partial charge in [-0.1, -0.05) is 37.3 Å². The van der Waals surface area contributed by atoms with Gasteiger partial charge in [-0.05, 0) is 43.0 Å². The van der Waals surface area contributed by atoms with E-state index in [2.05, 4.69) is 0 Å². The normalized spacial score (nSPS) is 17.3. The summed E-state index contributed by atoms with van der Waals surface area (Å²) < 4.78 is 19.7. The van der Waals surface area contributed by atoms with Gasteiger partial charge >= 0.3 is 0 Å². The Kier molecular flexibility index (Phi) is 3.68. The molecule has 0 radical (unpaired) electrons. The predicted octanol–water partition coefficient (Wildman–Crippen LogP) is 4.01. The molecule has 3 heteroatoms. The summed E-state index contributed by atoms with van der Waals surface area (Å²) >= 11 is 0. The summed E-state index contributed by atoms with van der Waals surface area (Å²) in [7, 11) is 0. The molecule has 0 amide bonds. The number of hydrogen-bond acceptors (Lipinski definition) is 2. The number of aliphatic hydroxyl groups is 1. The van der Waals surface area contributed by atoms with Crippen molar-refractivity contribution in [2.75, 3.05) is 0 Å². The van der Waals surface area contributed by atoms with Gasteiger partial charge in [-0.25, -0.2) is 4.39 Å². The van der Waals surface area contributed by atoms with Crippen LogP contribution >= 0.6 is 0 Å². The van der Waals surface area contributed by atoms with Crippen LogP contribution < -0.4 is 4.74 Å². The number of hydrogen-bond donors (Lipinski definition) is 1. The second kappa shape index (κ2) is 5.49. The van der Waals surface area contributed by atoms with Crippen LogP contribution in [0.5, 0.6) is 5.75 Å². The Bertz CT molecular complexity index is 619. The molecule has 1 aliphatic carbocycles. The zero-order valence-corrected chi connectivity index (χ0v) is 12.1. The van der Waals surface area contributed by atoms with Crippen LogP contribution in [-0.2, 0) is 5.60 Å². The van der Waals surface area contributed by atoms with Crippen LogP contribution in [0.4, 0.5) is 4.39 Å². The third-order valence-electron chi connectivity index (χ3n) is 3.99. The van der Waals surface area contributed by atoms with E-state index in [4.69, 9.17) is 4.74 Å². The van der Waals surface area contributed by atoms with Crippen LogP contribution in [0.2, 0.25) is 0 Å². The summed E-state index contributed by atoms with van der Waals surface area (Å²) in [6.07, 6.45) is 2.95. The molecule has 2 aromatic carbocycles. The Morgan fingerprint density at radius 1 is 1.14 bits per heavy atom. The van der Waals surface area contributed by atoms with Gasteiger partial charge in [0.2, 0.25) is 0 Å². The van der Waals surface area contributed by atoms with Gasteiger partial charge in [-0.2, -0.15) is 0 Å². The van der Waals surface area contributed by atoms with Crippen LogP contribution in [0.1, 0.15) is 37.3 Å². The van der Waals surface area contributed by atoms with E-state index < -0.39 is 5.60 Å². The van der Waals surface area contributed by atoms with Crippen molar-refractivity contribution in [2.45, 2.75) is 37.9 Å². The minimum absolute atomic E-state index is 0.309. The standard InChI is InChI=1S/C18H19FO2/c1-2-18(20,16-5-3-4-6-17(16)19)13-7-9-14(10-8-13)21-15-11-12-15/h3-10,15,20H,2,11-12H2,1H3. The van der Waals surface area contributed by atoms with E-state index in [1.54, 1.807) is 18.2 Å². The number of ether oxygens (including phenoxy) is 1. The van der Waals surface area contributed by atoms with Crippen molar-refractivity contribution in [2.24, 2.45) is 0 Å². The molecule has 21 heavy (non-hydrogen) atoms. The Hall–Kier alpha value is -1.87. The van der Waals surface area contributed by atoms with E-state index in [1.807, 2.05) is 31.2 Å². The lowest BCUT2D eigenvalue weighted by molar-refractivity contribution is 0.0725. The van der Waals surface area contributed by atoms with Crippen molar-refractivity contribution in [3.63, 3.8) is 0 Å². The molecule has 0 saturated heterocycles. The highest BCUT2D eigenvalue weighted by Gasteiger charge is 2.32. The fourth-order valence-corrected chi connectivity index (χ4v) is 2.53. The maximum atomic E-state index is 14.0. The molecular weight excluding hydrogens is 267 g/mol. The summed E-state index contributed by atoms with van der Waals surface area (Å²) in [5.41, 5.74) is -0.328. The molecule has 1 aliphatic rings. The van der Waals surface area contributed by atoms with E-state index in [0.717, 1.165) is 18.6 Å². The van der Waals surface area contributed by atoms with Crippen molar-refractivity contribution >= 4 is 0 Å². The van der Waals surface area contributed by atoms with Crippen molar-refractivity contribution in [1.82, 2.24) is 0 Å². The quantitative estimate of drug-likeness (QED) is 0.899. The smallest absolute Gasteiger partial charge is 0.129 e. The lowest BCUT2D eigenvalue weighted by Crippen LogP contribution is -2.27. The molecule has 1 atom stereocenters. The van der Waals surface area contributed by atoms with E-state index >= 15 is 0 Å². The first-order valence-electron chi connectivity index (χ1n) is 7.38. The minimum atomic E-state index is -1.32. The summed E-state index contributed by atoms with van der Waals surface area (Å²) in [6, 6.07) is 13.7. The van der Waals surface area contributed by atoms with Gasteiger partial charge in [0, 0.05) is 5.56 Å². The van der Waals surface area contributed by atoms with Crippen LogP contribution in [0.25, 0.3) is 0 Å². The van der Waals surface area contributed by atoms with Gasteiger partial charge in [0.25, 0.3) is 0 Å². The third-order valence-corrected chi connectivity index (χ3v) is 3.99. The first-order valence-corrected chi connectivity index (χ1v) is 7.38. The molecule has 0 aromatic heterocycles. The lowest BCUT2D eigenvalue weighted by Gasteiger charge is -2.28. The fraction of sp³-hybridized carbons (Fsp3) is 0.333. The maximum absolute atomic E-state index is 14.0. The fourth-order valence-electron chi connectivity index (χ4n) is 2.53. The van der Waals surface area contributed by atoms with Crippen molar-refractivity contribution in [1.29, 1.82) is 0 Å². The summed E-state index contributed by atoms with van der Waals surface area (Å²) in [6.45, 7) is 1.85. The Morgan fingerprint density at radius 3 is 2.38 bits per heavy atom. The van der Waals surface area contributed by atoms with Gasteiger partial charge in [0.15, 0.2) is 0 Å². The SMILES string of the molecule is CCC(O)(c1ccc(OC2CC2)cc1)c1ccccc1F. The molecule has 1 N–H and O–H groups in total. The summed E-state index contributed by atoms with van der Waals surface area (Å²) in [4.78, 5) is 0. The van der Waals surface area contributed by atoms with Crippen LogP contribution in [0.15, 0.2) is 48.5 Å². The molecule has 0 aliphatic heterocycles. The maximum Gasteiger partial charge on any atom is 0.129 e. The average Bonchev–Trinajstić information content (AvgIpc) is 3.32. The Labute approximate surface area is 124 Å². The second-order valence-corrected chi connectivity index (χ2v) is 5.54. The number of rotatable bonds is 5. The highest BCUT2D eigenvalue weighted by atomic mass is 19.1. The first kappa shape index (κ1) is 14.1. The first-order chi connectivity index (χ1) is 10.1. The van der Waals surface area contributed by atoms with Gasteiger partial charge in [-0.15, -0.1) is 0 Å². The number of halogens is 1. The van der Waals surface area contributed by atoms with Gasteiger partial charge in [-0.3, -0.25) is 0 Å². The molecule has 1 unspecified atom stereocenters. The second-order valence-electron chi connectivity index (χ2n) is 5.54. The number of benzene rings is 2. The summed E-state index contributed by atoms with van der Waals surface area (Å²) in [5.74, 6) is 0.411. The van der Waals surface area contributed by atoms with Crippen molar-refractivity contribution < 1.29 is 14.2 Å². The zero-order chi connectivity index (χ0) is 14.9. The Morgan fingerprint density at radius 2 is 1.81 bits per heavy atom. The molecule has 1 saturated carbocycles. The molecule has 0 heterocycles. The van der Waals surface area contributed by atoms with E-state index in [0.29, 0.717) is 23.7 Å². The predicted molar refractivity (Wildman–Crippen MR) is 79.8 cm³/mol.